The molecule has 6 heteroatoms. The van der Waals surface area contributed by atoms with Crippen LogP contribution in [0.4, 0.5) is 13.2 Å². The molecule has 0 aromatic heterocycles. The van der Waals surface area contributed by atoms with Crippen LogP contribution in [-0.2, 0) is 18.1 Å². The number of benzene rings is 2. The fourth-order valence-electron chi connectivity index (χ4n) is 1.74. The second-order valence-corrected chi connectivity index (χ2v) is 5.80. The first-order valence-electron chi connectivity index (χ1n) is 6.03. The largest absolute Gasteiger partial charge is 0.488 e. The van der Waals surface area contributed by atoms with Gasteiger partial charge in [0.2, 0.25) is 0 Å². The third kappa shape index (κ3) is 4.48. The summed E-state index contributed by atoms with van der Waals surface area (Å²) in [6.07, 6.45) is -4.34. The number of halogens is 5. The van der Waals surface area contributed by atoms with Gasteiger partial charge in [0.1, 0.15) is 12.4 Å². The van der Waals surface area contributed by atoms with Gasteiger partial charge in [-0.1, -0.05) is 34.1 Å². The lowest BCUT2D eigenvalue weighted by molar-refractivity contribution is -0.137. The van der Waals surface area contributed by atoms with Gasteiger partial charge in [0.25, 0.3) is 0 Å². The van der Waals surface area contributed by atoms with Crippen molar-refractivity contribution >= 4 is 31.9 Å². The van der Waals surface area contributed by atoms with E-state index in [0.717, 1.165) is 27.5 Å². The van der Waals surface area contributed by atoms with Gasteiger partial charge in [0.05, 0.1) is 10.0 Å². The van der Waals surface area contributed by atoms with E-state index >= 15 is 0 Å². The molecule has 0 aliphatic heterocycles. The highest BCUT2D eigenvalue weighted by Gasteiger charge is 2.30. The monoisotopic (exact) mass is 422 g/mol. The summed E-state index contributed by atoms with van der Waals surface area (Å²) in [5.74, 6) is 0.595. The standard InChI is InChI=1S/C15H11Br2F3O/c16-8-10-4-5-14(13(17)7-10)21-9-11-2-1-3-12(6-11)15(18,19)20/h1-7H,8-9H2. The van der Waals surface area contributed by atoms with E-state index in [9.17, 15) is 13.2 Å². The number of hydrogen-bond acceptors (Lipinski definition) is 1. The van der Waals surface area contributed by atoms with Gasteiger partial charge in [0.15, 0.2) is 0 Å². The lowest BCUT2D eigenvalue weighted by Gasteiger charge is -2.11. The zero-order valence-corrected chi connectivity index (χ0v) is 13.9. The predicted molar refractivity (Wildman–Crippen MR) is 82.5 cm³/mol. The second kappa shape index (κ2) is 6.83. The van der Waals surface area contributed by atoms with E-state index in [-0.39, 0.29) is 6.61 Å². The van der Waals surface area contributed by atoms with Crippen molar-refractivity contribution in [2.24, 2.45) is 0 Å². The first kappa shape index (κ1) is 16.4. The molecule has 0 spiro atoms. The van der Waals surface area contributed by atoms with Gasteiger partial charge < -0.3 is 4.74 Å². The number of alkyl halides is 4. The van der Waals surface area contributed by atoms with Gasteiger partial charge in [-0.05, 0) is 51.3 Å². The maximum atomic E-state index is 12.6. The first-order chi connectivity index (χ1) is 9.90. The van der Waals surface area contributed by atoms with E-state index in [1.807, 2.05) is 12.1 Å². The van der Waals surface area contributed by atoms with Crippen molar-refractivity contribution in [3.63, 3.8) is 0 Å². The quantitative estimate of drug-likeness (QED) is 0.552. The Hall–Kier alpha value is -1.01. The van der Waals surface area contributed by atoms with Crippen molar-refractivity contribution in [3.8, 4) is 5.75 Å². The Morgan fingerprint density at radius 3 is 2.38 bits per heavy atom. The molecule has 0 aliphatic carbocycles. The van der Waals surface area contributed by atoms with E-state index in [0.29, 0.717) is 11.3 Å². The highest BCUT2D eigenvalue weighted by atomic mass is 79.9. The summed E-state index contributed by atoms with van der Waals surface area (Å²) in [5, 5.41) is 0.722. The lowest BCUT2D eigenvalue weighted by atomic mass is 10.1. The summed E-state index contributed by atoms with van der Waals surface area (Å²) >= 11 is 6.73. The predicted octanol–water partition coefficient (Wildman–Crippen LogP) is 5.94. The normalized spacial score (nSPS) is 11.5. The van der Waals surface area contributed by atoms with E-state index in [2.05, 4.69) is 31.9 Å². The van der Waals surface area contributed by atoms with Gasteiger partial charge in [-0.15, -0.1) is 0 Å². The van der Waals surface area contributed by atoms with Crippen LogP contribution in [0.15, 0.2) is 46.9 Å². The maximum Gasteiger partial charge on any atom is 0.416 e. The SMILES string of the molecule is FC(F)(F)c1cccc(COc2ccc(CBr)cc2Br)c1. The molecule has 2 aromatic rings. The molecular weight excluding hydrogens is 413 g/mol. The topological polar surface area (TPSA) is 9.23 Å². The zero-order valence-electron chi connectivity index (χ0n) is 10.8. The lowest BCUT2D eigenvalue weighted by Crippen LogP contribution is -2.06. The van der Waals surface area contributed by atoms with Crippen LogP contribution in [0.3, 0.4) is 0 Å². The molecule has 0 unspecified atom stereocenters. The molecule has 0 radical (unpaired) electrons. The molecule has 2 aromatic carbocycles. The summed E-state index contributed by atoms with van der Waals surface area (Å²) in [4.78, 5) is 0. The summed E-state index contributed by atoms with van der Waals surface area (Å²) < 4.78 is 44.2. The highest BCUT2D eigenvalue weighted by Crippen LogP contribution is 2.31. The van der Waals surface area contributed by atoms with E-state index in [4.69, 9.17) is 4.74 Å². The average Bonchev–Trinajstić information content (AvgIpc) is 2.45. The van der Waals surface area contributed by atoms with E-state index in [1.165, 1.54) is 6.07 Å². The third-order valence-corrected chi connectivity index (χ3v) is 4.07. The number of ether oxygens (including phenoxy) is 1. The third-order valence-electron chi connectivity index (χ3n) is 2.80. The van der Waals surface area contributed by atoms with Crippen LogP contribution in [0.5, 0.6) is 5.75 Å². The van der Waals surface area contributed by atoms with Gasteiger partial charge in [-0.2, -0.15) is 13.2 Å². The minimum atomic E-state index is -4.34. The molecule has 0 amide bonds. The van der Waals surface area contributed by atoms with Crippen LogP contribution in [-0.4, -0.2) is 0 Å². The molecule has 0 N–H and O–H groups in total. The van der Waals surface area contributed by atoms with Crippen molar-refractivity contribution in [2.45, 2.75) is 18.1 Å². The smallest absolute Gasteiger partial charge is 0.416 e. The van der Waals surface area contributed by atoms with Crippen molar-refractivity contribution < 1.29 is 17.9 Å². The second-order valence-electron chi connectivity index (χ2n) is 4.39. The molecular formula is C15H11Br2F3O. The highest BCUT2D eigenvalue weighted by molar-refractivity contribution is 9.10. The molecule has 21 heavy (non-hydrogen) atoms. The van der Waals surface area contributed by atoms with Crippen LogP contribution >= 0.6 is 31.9 Å². The van der Waals surface area contributed by atoms with E-state index in [1.54, 1.807) is 12.1 Å². The Balaban J connectivity index is 2.10. The Kier molecular flexibility index (Phi) is 5.32. The Morgan fingerprint density at radius 1 is 1.00 bits per heavy atom. The minimum Gasteiger partial charge on any atom is -0.488 e. The average molecular weight is 424 g/mol. The Bertz CT molecular complexity index is 627. The molecule has 112 valence electrons. The Morgan fingerprint density at radius 2 is 1.76 bits per heavy atom. The number of rotatable bonds is 4. The van der Waals surface area contributed by atoms with Crippen molar-refractivity contribution in [1.82, 2.24) is 0 Å². The summed E-state index contributed by atoms with van der Waals surface area (Å²) in [7, 11) is 0. The number of hydrogen-bond donors (Lipinski definition) is 0. The van der Waals surface area contributed by atoms with Crippen LogP contribution in [0.1, 0.15) is 16.7 Å². The maximum absolute atomic E-state index is 12.6. The molecule has 2 rings (SSSR count). The van der Waals surface area contributed by atoms with Crippen LogP contribution in [0, 0.1) is 0 Å². The first-order valence-corrected chi connectivity index (χ1v) is 7.95. The van der Waals surface area contributed by atoms with Gasteiger partial charge >= 0.3 is 6.18 Å². The molecule has 0 aliphatic rings. The fraction of sp³-hybridized carbons (Fsp3) is 0.200. The van der Waals surface area contributed by atoms with Gasteiger partial charge in [-0.3, -0.25) is 0 Å². The van der Waals surface area contributed by atoms with Crippen molar-refractivity contribution in [1.29, 1.82) is 0 Å². The Labute approximate surface area is 137 Å². The molecule has 0 fully saturated rings. The van der Waals surface area contributed by atoms with Gasteiger partial charge in [-0.25, -0.2) is 0 Å². The van der Waals surface area contributed by atoms with E-state index < -0.39 is 11.7 Å². The van der Waals surface area contributed by atoms with Crippen molar-refractivity contribution in [3.05, 3.63) is 63.6 Å². The van der Waals surface area contributed by atoms with Crippen LogP contribution < -0.4 is 4.74 Å². The molecule has 0 saturated carbocycles. The molecule has 0 heterocycles. The molecule has 0 atom stereocenters. The zero-order chi connectivity index (χ0) is 15.5. The molecule has 1 nitrogen and oxygen atoms in total. The van der Waals surface area contributed by atoms with Crippen LogP contribution in [0.25, 0.3) is 0 Å². The fourth-order valence-corrected chi connectivity index (χ4v) is 2.63. The van der Waals surface area contributed by atoms with Gasteiger partial charge in [0, 0.05) is 5.33 Å². The summed E-state index contributed by atoms with van der Waals surface area (Å²) in [5.41, 5.74) is 0.881. The molecule has 0 saturated heterocycles. The summed E-state index contributed by atoms with van der Waals surface area (Å²) in [6, 6.07) is 10.7. The summed E-state index contributed by atoms with van der Waals surface area (Å²) in [6.45, 7) is 0.0795. The van der Waals surface area contributed by atoms with Crippen LogP contribution in [0.2, 0.25) is 0 Å². The minimum absolute atomic E-state index is 0.0795. The molecule has 0 bridgehead atoms. The van der Waals surface area contributed by atoms with Crippen molar-refractivity contribution in [2.75, 3.05) is 0 Å².